The molecule has 2 N–H and O–H groups in total. The molecular weight excluding hydrogens is 512 g/mol. The lowest BCUT2D eigenvalue weighted by Crippen LogP contribution is -2.19. The summed E-state index contributed by atoms with van der Waals surface area (Å²) < 4.78 is 38.7. The van der Waals surface area contributed by atoms with Crippen LogP contribution in [-0.2, 0) is 14.8 Å². The molecule has 0 atom stereocenters. The molecule has 4 aromatic rings. The van der Waals surface area contributed by atoms with Crippen LogP contribution in [0.2, 0.25) is 0 Å². The van der Waals surface area contributed by atoms with E-state index in [9.17, 15) is 18.0 Å². The number of thiophene rings is 1. The second kappa shape index (κ2) is 11.3. The highest BCUT2D eigenvalue weighted by Crippen LogP contribution is 2.36. The van der Waals surface area contributed by atoms with Crippen LogP contribution in [0, 0.1) is 0 Å². The summed E-state index contributed by atoms with van der Waals surface area (Å²) in [5, 5.41) is 2.76. The summed E-state index contributed by atoms with van der Waals surface area (Å²) in [6.07, 6.45) is 0. The molecule has 0 aliphatic rings. The summed E-state index contributed by atoms with van der Waals surface area (Å²) >= 11 is 1.20. The monoisotopic (exact) mass is 536 g/mol. The summed E-state index contributed by atoms with van der Waals surface area (Å²) in [4.78, 5) is 27.0. The van der Waals surface area contributed by atoms with Crippen molar-refractivity contribution in [2.24, 2.45) is 0 Å². The lowest BCUT2D eigenvalue weighted by Gasteiger charge is -2.13. The summed E-state index contributed by atoms with van der Waals surface area (Å²) in [6.45, 7) is 1.88. The predicted molar refractivity (Wildman–Crippen MR) is 144 cm³/mol. The molecule has 8 nitrogen and oxygen atoms in total. The Morgan fingerprint density at radius 1 is 0.892 bits per heavy atom. The first-order valence-electron chi connectivity index (χ1n) is 11.3. The molecule has 0 aliphatic heterocycles. The number of hydrogen-bond acceptors (Lipinski definition) is 7. The van der Waals surface area contributed by atoms with Gasteiger partial charge < -0.3 is 14.8 Å². The van der Waals surface area contributed by atoms with E-state index in [-0.39, 0.29) is 33.3 Å². The highest BCUT2D eigenvalue weighted by molar-refractivity contribution is 7.92. The zero-order valence-corrected chi connectivity index (χ0v) is 21.7. The number of benzene rings is 3. The number of para-hydroxylation sites is 1. The zero-order valence-electron chi connectivity index (χ0n) is 20.1. The van der Waals surface area contributed by atoms with Crippen LogP contribution in [0.25, 0.3) is 10.4 Å². The molecule has 0 saturated carbocycles. The highest BCUT2D eigenvalue weighted by Gasteiger charge is 2.23. The number of nitrogens with one attached hydrogen (secondary N) is 2. The number of carbonyl (C=O) groups is 2. The first kappa shape index (κ1) is 25.9. The van der Waals surface area contributed by atoms with Crippen LogP contribution in [-0.4, -0.2) is 34.0 Å². The molecule has 0 unspecified atom stereocenters. The van der Waals surface area contributed by atoms with E-state index in [1.165, 1.54) is 54.8 Å². The van der Waals surface area contributed by atoms with Crippen LogP contribution in [0.5, 0.6) is 5.75 Å². The van der Waals surface area contributed by atoms with Gasteiger partial charge in [-0.3, -0.25) is 9.52 Å². The van der Waals surface area contributed by atoms with Gasteiger partial charge in [0, 0.05) is 4.88 Å². The maximum Gasteiger partial charge on any atom is 0.350 e. The van der Waals surface area contributed by atoms with Crippen LogP contribution in [0.4, 0.5) is 11.4 Å². The molecule has 0 radical (unpaired) electrons. The second-order valence-electron chi connectivity index (χ2n) is 7.72. The number of ether oxygens (including phenoxy) is 2. The number of methoxy groups -OCH3 is 1. The third-order valence-electron chi connectivity index (χ3n) is 5.29. The fraction of sp³-hybridized carbons (Fsp3) is 0.111. The minimum absolute atomic E-state index is 0.0125. The largest absolute Gasteiger partial charge is 0.497 e. The van der Waals surface area contributed by atoms with Crippen molar-refractivity contribution in [3.05, 3.63) is 95.4 Å². The van der Waals surface area contributed by atoms with E-state index < -0.39 is 21.9 Å². The van der Waals surface area contributed by atoms with E-state index in [2.05, 4.69) is 10.0 Å². The van der Waals surface area contributed by atoms with Gasteiger partial charge in [-0.25, -0.2) is 13.2 Å². The van der Waals surface area contributed by atoms with Crippen molar-refractivity contribution in [1.29, 1.82) is 0 Å². The molecule has 4 rings (SSSR count). The lowest BCUT2D eigenvalue weighted by molar-refractivity contribution is 0.0533. The summed E-state index contributed by atoms with van der Waals surface area (Å²) in [5.74, 6) is -0.628. The van der Waals surface area contributed by atoms with Crippen LogP contribution in [0.15, 0.2) is 89.8 Å². The van der Waals surface area contributed by atoms with Gasteiger partial charge in [-0.05, 0) is 55.0 Å². The Morgan fingerprint density at radius 3 is 2.24 bits per heavy atom. The predicted octanol–water partition coefficient (Wildman–Crippen LogP) is 5.65. The first-order valence-corrected chi connectivity index (χ1v) is 13.6. The molecular formula is C27H24N2O6S2. The fourth-order valence-corrected chi connectivity index (χ4v) is 5.59. The molecule has 0 saturated heterocycles. The topological polar surface area (TPSA) is 111 Å². The van der Waals surface area contributed by atoms with Crippen molar-refractivity contribution < 1.29 is 27.5 Å². The number of anilines is 2. The van der Waals surface area contributed by atoms with E-state index in [0.29, 0.717) is 5.75 Å². The lowest BCUT2D eigenvalue weighted by atomic mass is 10.1. The Kier molecular flexibility index (Phi) is 7.90. The molecule has 0 fully saturated rings. The molecule has 0 bridgehead atoms. The second-order valence-corrected chi connectivity index (χ2v) is 10.5. The van der Waals surface area contributed by atoms with Gasteiger partial charge in [-0.2, -0.15) is 0 Å². The average molecular weight is 537 g/mol. The van der Waals surface area contributed by atoms with Crippen molar-refractivity contribution in [2.45, 2.75) is 11.8 Å². The Hall–Kier alpha value is -4.15. The number of sulfonamides is 1. The minimum Gasteiger partial charge on any atom is -0.497 e. The molecule has 1 amide bonds. The van der Waals surface area contributed by atoms with Gasteiger partial charge in [0.15, 0.2) is 0 Å². The Morgan fingerprint density at radius 2 is 1.57 bits per heavy atom. The summed E-state index contributed by atoms with van der Waals surface area (Å²) in [5.41, 5.74) is 1.33. The normalized spacial score (nSPS) is 11.0. The van der Waals surface area contributed by atoms with Crippen molar-refractivity contribution in [3.63, 3.8) is 0 Å². The van der Waals surface area contributed by atoms with Crippen LogP contribution < -0.4 is 14.8 Å². The van der Waals surface area contributed by atoms with Crippen molar-refractivity contribution in [1.82, 2.24) is 0 Å². The van der Waals surface area contributed by atoms with E-state index in [0.717, 1.165) is 10.4 Å². The summed E-state index contributed by atoms with van der Waals surface area (Å²) in [6, 6.07) is 23.2. The van der Waals surface area contributed by atoms with Gasteiger partial charge in [-0.1, -0.05) is 42.5 Å². The van der Waals surface area contributed by atoms with Gasteiger partial charge in [-0.15, -0.1) is 11.3 Å². The van der Waals surface area contributed by atoms with E-state index in [1.807, 2.05) is 30.3 Å². The molecule has 3 aromatic carbocycles. The van der Waals surface area contributed by atoms with Gasteiger partial charge >= 0.3 is 5.97 Å². The molecule has 1 heterocycles. The Labute approximate surface area is 218 Å². The molecule has 190 valence electrons. The van der Waals surface area contributed by atoms with Crippen LogP contribution in [0.3, 0.4) is 0 Å². The molecule has 1 aromatic heterocycles. The van der Waals surface area contributed by atoms with Gasteiger partial charge in [0.05, 0.1) is 35.6 Å². The maximum atomic E-state index is 13.3. The average Bonchev–Trinajstić information content (AvgIpc) is 3.33. The van der Waals surface area contributed by atoms with Crippen molar-refractivity contribution >= 4 is 44.6 Å². The quantitative estimate of drug-likeness (QED) is 0.267. The third-order valence-corrected chi connectivity index (χ3v) is 7.83. The number of rotatable bonds is 9. The van der Waals surface area contributed by atoms with Crippen molar-refractivity contribution in [2.75, 3.05) is 23.8 Å². The van der Waals surface area contributed by atoms with Gasteiger partial charge in [0.25, 0.3) is 15.9 Å². The SMILES string of the molecule is CCOC(=O)c1sc(-c2ccccc2)cc1NC(=O)c1ccccc1NS(=O)(=O)c1ccc(OC)cc1. The molecule has 0 aliphatic carbocycles. The Balaban J connectivity index is 1.64. The fourth-order valence-electron chi connectivity index (χ4n) is 3.50. The summed E-state index contributed by atoms with van der Waals surface area (Å²) in [7, 11) is -2.50. The number of amides is 1. The Bertz CT molecular complexity index is 1510. The first-order chi connectivity index (χ1) is 17.8. The van der Waals surface area contributed by atoms with Crippen LogP contribution >= 0.6 is 11.3 Å². The maximum absolute atomic E-state index is 13.3. The highest BCUT2D eigenvalue weighted by atomic mass is 32.2. The van der Waals surface area contributed by atoms with E-state index in [1.54, 1.807) is 25.1 Å². The number of hydrogen-bond donors (Lipinski definition) is 2. The standard InChI is InChI=1S/C27H24N2O6S2/c1-3-35-27(31)25-23(17-24(36-25)18-9-5-4-6-10-18)28-26(30)21-11-7-8-12-22(21)29-37(32,33)20-15-13-19(34-2)14-16-20/h4-17,29H,3H2,1-2H3,(H,28,30). The van der Waals surface area contributed by atoms with Gasteiger partial charge in [0.1, 0.15) is 10.6 Å². The smallest absolute Gasteiger partial charge is 0.350 e. The minimum atomic E-state index is -3.99. The molecule has 10 heteroatoms. The molecule has 37 heavy (non-hydrogen) atoms. The van der Waals surface area contributed by atoms with E-state index in [4.69, 9.17) is 9.47 Å². The van der Waals surface area contributed by atoms with Gasteiger partial charge in [0.2, 0.25) is 0 Å². The van der Waals surface area contributed by atoms with E-state index >= 15 is 0 Å². The molecule has 0 spiro atoms. The van der Waals surface area contributed by atoms with Crippen LogP contribution in [0.1, 0.15) is 27.0 Å². The van der Waals surface area contributed by atoms with Crippen molar-refractivity contribution in [3.8, 4) is 16.2 Å². The number of carbonyl (C=O) groups excluding carboxylic acids is 2. The third kappa shape index (κ3) is 5.99. The number of esters is 1. The zero-order chi connectivity index (χ0) is 26.4.